The van der Waals surface area contributed by atoms with E-state index in [0.717, 1.165) is 35.3 Å². The first-order chi connectivity index (χ1) is 16.1. The number of carbonyl (C=O) groups is 1. The Labute approximate surface area is 199 Å². The van der Waals surface area contributed by atoms with Crippen LogP contribution < -0.4 is 16.0 Å². The summed E-state index contributed by atoms with van der Waals surface area (Å²) in [5.74, 6) is -0.0964. The van der Waals surface area contributed by atoms with Gasteiger partial charge in [0.05, 0.1) is 11.4 Å². The Morgan fingerprint density at radius 3 is 2.47 bits per heavy atom. The summed E-state index contributed by atoms with van der Waals surface area (Å²) in [5.41, 5.74) is 10.7. The smallest absolute Gasteiger partial charge is 0.243 e. The summed E-state index contributed by atoms with van der Waals surface area (Å²) in [6, 6.07) is 19.8. The van der Waals surface area contributed by atoms with Crippen LogP contribution in [0.25, 0.3) is 11.1 Å². The maximum atomic E-state index is 12.7. The molecule has 0 saturated carbocycles. The predicted octanol–water partition coefficient (Wildman–Crippen LogP) is 2.89. The third-order valence-corrected chi connectivity index (χ3v) is 7.66. The molecule has 3 aromatic rings. The van der Waals surface area contributed by atoms with Crippen molar-refractivity contribution < 1.29 is 13.2 Å². The maximum absolute atomic E-state index is 12.7. The van der Waals surface area contributed by atoms with Gasteiger partial charge < -0.3 is 16.0 Å². The van der Waals surface area contributed by atoms with Crippen LogP contribution in [0, 0.1) is 5.41 Å². The summed E-state index contributed by atoms with van der Waals surface area (Å²) in [7, 11) is -0.485. The molecule has 0 spiro atoms. The molecule has 0 atom stereocenters. The number of hydrogen-bond donors (Lipinski definition) is 3. The molecule has 0 fully saturated rings. The highest BCUT2D eigenvalue weighted by Gasteiger charge is 2.22. The molecule has 0 aliphatic carbocycles. The average Bonchev–Trinajstić information content (AvgIpc) is 3.21. The van der Waals surface area contributed by atoms with Crippen molar-refractivity contribution in [2.24, 2.45) is 5.73 Å². The molecule has 0 unspecified atom stereocenters. The van der Waals surface area contributed by atoms with Crippen molar-refractivity contribution in [3.8, 4) is 11.1 Å². The van der Waals surface area contributed by atoms with Crippen molar-refractivity contribution in [1.82, 2.24) is 4.31 Å². The van der Waals surface area contributed by atoms with Crippen molar-refractivity contribution in [1.29, 1.82) is 5.41 Å². The maximum Gasteiger partial charge on any atom is 0.243 e. The minimum absolute atomic E-state index is 0.0350. The van der Waals surface area contributed by atoms with Gasteiger partial charge in [-0.2, -0.15) is 0 Å². The van der Waals surface area contributed by atoms with Crippen molar-refractivity contribution in [2.45, 2.75) is 11.3 Å². The van der Waals surface area contributed by atoms with Gasteiger partial charge in [0.25, 0.3) is 0 Å². The number of amides is 1. The molecule has 1 aliphatic rings. The van der Waals surface area contributed by atoms with E-state index in [1.165, 1.54) is 18.4 Å². The number of nitrogen functional groups attached to an aromatic ring is 1. The molecule has 1 heterocycles. The van der Waals surface area contributed by atoms with Crippen LogP contribution in [0.5, 0.6) is 0 Å². The standard InChI is InChI=1S/C25H27N5O3S/c1-29(2)34(32,33)22-9-6-17(7-10-22)18-4-3-5-21(15-18)28-24(31)16-30-13-12-19-14-20(25(26)27)8-11-23(19)30/h3-11,14-15H,12-13,16H2,1-2H3,(H3,26,27)(H,28,31). The zero-order chi connectivity index (χ0) is 24.5. The second-order valence-electron chi connectivity index (χ2n) is 8.37. The van der Waals surface area contributed by atoms with E-state index in [1.54, 1.807) is 30.3 Å². The van der Waals surface area contributed by atoms with Crippen LogP contribution in [0.15, 0.2) is 71.6 Å². The molecular weight excluding hydrogens is 450 g/mol. The summed E-state index contributed by atoms with van der Waals surface area (Å²) in [6.07, 6.45) is 0.804. The normalized spacial score (nSPS) is 13.1. The van der Waals surface area contributed by atoms with Gasteiger partial charge in [0, 0.05) is 37.6 Å². The zero-order valence-electron chi connectivity index (χ0n) is 19.1. The average molecular weight is 478 g/mol. The van der Waals surface area contributed by atoms with E-state index < -0.39 is 10.0 Å². The number of nitrogens with zero attached hydrogens (tertiary/aromatic N) is 2. The lowest BCUT2D eigenvalue weighted by atomic mass is 10.1. The van der Waals surface area contributed by atoms with Crippen molar-refractivity contribution in [3.63, 3.8) is 0 Å². The first-order valence-electron chi connectivity index (χ1n) is 10.8. The summed E-state index contributed by atoms with van der Waals surface area (Å²) >= 11 is 0. The fourth-order valence-electron chi connectivity index (χ4n) is 3.98. The Morgan fingerprint density at radius 2 is 1.79 bits per heavy atom. The third-order valence-electron chi connectivity index (χ3n) is 5.83. The van der Waals surface area contributed by atoms with Gasteiger partial charge in [-0.1, -0.05) is 24.3 Å². The Hall–Kier alpha value is -3.69. The number of nitrogens with one attached hydrogen (secondary N) is 2. The molecule has 4 rings (SSSR count). The molecule has 9 heteroatoms. The molecule has 0 bridgehead atoms. The quantitative estimate of drug-likeness (QED) is 0.357. The monoisotopic (exact) mass is 477 g/mol. The Balaban J connectivity index is 1.44. The minimum atomic E-state index is -3.48. The van der Waals surface area contributed by atoms with Crippen LogP contribution >= 0.6 is 0 Å². The van der Waals surface area contributed by atoms with E-state index >= 15 is 0 Å². The molecule has 1 amide bonds. The zero-order valence-corrected chi connectivity index (χ0v) is 19.9. The number of sulfonamides is 1. The number of fused-ring (bicyclic) bond motifs is 1. The number of amidine groups is 1. The summed E-state index contributed by atoms with van der Waals surface area (Å²) in [6.45, 7) is 0.945. The van der Waals surface area contributed by atoms with E-state index in [0.29, 0.717) is 11.3 Å². The largest absolute Gasteiger partial charge is 0.384 e. The number of carbonyl (C=O) groups excluding carboxylic acids is 1. The van der Waals surface area contributed by atoms with Crippen LogP contribution in [0.4, 0.5) is 11.4 Å². The van der Waals surface area contributed by atoms with Gasteiger partial charge in [-0.3, -0.25) is 10.2 Å². The van der Waals surface area contributed by atoms with E-state index in [9.17, 15) is 13.2 Å². The van der Waals surface area contributed by atoms with E-state index in [2.05, 4.69) is 5.32 Å². The number of nitrogens with two attached hydrogens (primary N) is 1. The lowest BCUT2D eigenvalue weighted by Gasteiger charge is -2.19. The van der Waals surface area contributed by atoms with Crippen LogP contribution in [0.2, 0.25) is 0 Å². The molecule has 4 N–H and O–H groups in total. The predicted molar refractivity (Wildman–Crippen MR) is 135 cm³/mol. The number of rotatable bonds is 7. The van der Waals surface area contributed by atoms with E-state index in [1.807, 2.05) is 41.3 Å². The van der Waals surface area contributed by atoms with Gasteiger partial charge >= 0.3 is 0 Å². The number of anilines is 2. The van der Waals surface area contributed by atoms with Crippen LogP contribution in [-0.4, -0.2) is 51.7 Å². The van der Waals surface area contributed by atoms with E-state index in [4.69, 9.17) is 11.1 Å². The van der Waals surface area contributed by atoms with Crippen molar-refractivity contribution in [2.75, 3.05) is 37.4 Å². The highest BCUT2D eigenvalue weighted by molar-refractivity contribution is 7.89. The van der Waals surface area contributed by atoms with Gasteiger partial charge in [-0.15, -0.1) is 0 Å². The molecule has 34 heavy (non-hydrogen) atoms. The second kappa shape index (κ2) is 9.28. The molecular formula is C25H27N5O3S. The molecule has 176 valence electrons. The summed E-state index contributed by atoms with van der Waals surface area (Å²) < 4.78 is 25.7. The molecule has 3 aromatic carbocycles. The SMILES string of the molecule is CN(C)S(=O)(=O)c1ccc(-c2cccc(NC(=O)CN3CCc4cc(C(=N)N)ccc43)c2)cc1. The van der Waals surface area contributed by atoms with Gasteiger partial charge in [0.15, 0.2) is 0 Å². The van der Waals surface area contributed by atoms with Gasteiger partial charge in [0.1, 0.15) is 5.84 Å². The van der Waals surface area contributed by atoms with Crippen molar-refractivity contribution in [3.05, 3.63) is 77.9 Å². The minimum Gasteiger partial charge on any atom is -0.384 e. The number of hydrogen-bond acceptors (Lipinski definition) is 5. The second-order valence-corrected chi connectivity index (χ2v) is 10.5. The van der Waals surface area contributed by atoms with Gasteiger partial charge in [-0.05, 0) is 65.6 Å². The molecule has 0 radical (unpaired) electrons. The van der Waals surface area contributed by atoms with Crippen LogP contribution in [0.3, 0.4) is 0 Å². The van der Waals surface area contributed by atoms with Crippen LogP contribution in [0.1, 0.15) is 11.1 Å². The molecule has 8 nitrogen and oxygen atoms in total. The summed E-state index contributed by atoms with van der Waals surface area (Å²) in [4.78, 5) is 15.0. The van der Waals surface area contributed by atoms with Crippen LogP contribution in [-0.2, 0) is 21.2 Å². The Morgan fingerprint density at radius 1 is 1.06 bits per heavy atom. The first kappa shape index (κ1) is 23.5. The molecule has 0 saturated heterocycles. The molecule has 1 aliphatic heterocycles. The number of benzene rings is 3. The lowest BCUT2D eigenvalue weighted by molar-refractivity contribution is -0.115. The third kappa shape index (κ3) is 4.80. The lowest BCUT2D eigenvalue weighted by Crippen LogP contribution is -2.31. The molecule has 0 aromatic heterocycles. The topological polar surface area (TPSA) is 120 Å². The highest BCUT2D eigenvalue weighted by atomic mass is 32.2. The van der Waals surface area contributed by atoms with Gasteiger partial charge in [0.2, 0.25) is 15.9 Å². The Bertz CT molecular complexity index is 1350. The Kier molecular flexibility index (Phi) is 6.41. The van der Waals surface area contributed by atoms with E-state index in [-0.39, 0.29) is 23.2 Å². The fourth-order valence-corrected chi connectivity index (χ4v) is 4.88. The van der Waals surface area contributed by atoms with Gasteiger partial charge in [-0.25, -0.2) is 12.7 Å². The summed E-state index contributed by atoms with van der Waals surface area (Å²) in [5, 5.41) is 10.5. The first-order valence-corrected chi connectivity index (χ1v) is 12.2. The van der Waals surface area contributed by atoms with Crippen molar-refractivity contribution >= 4 is 33.1 Å². The highest BCUT2D eigenvalue weighted by Crippen LogP contribution is 2.29. The fraction of sp³-hybridized carbons (Fsp3) is 0.200.